The van der Waals surface area contributed by atoms with E-state index in [1.807, 2.05) is 12.5 Å². The molecule has 0 unspecified atom stereocenters. The maximum Gasteiger partial charge on any atom is 0.166 e. The molecule has 0 amide bonds. The van der Waals surface area contributed by atoms with Crippen molar-refractivity contribution in [2.75, 3.05) is 12.5 Å². The van der Waals surface area contributed by atoms with Crippen LogP contribution in [-0.2, 0) is 11.2 Å². The quantitative estimate of drug-likeness (QED) is 0.762. The van der Waals surface area contributed by atoms with Gasteiger partial charge >= 0.3 is 0 Å². The molecule has 3 nitrogen and oxygen atoms in total. The maximum atomic E-state index is 11.9. The van der Waals surface area contributed by atoms with Gasteiger partial charge in [-0.2, -0.15) is 0 Å². The number of hydrogen-bond acceptors (Lipinski definition) is 6. The Balaban J connectivity index is 2.57. The molecule has 0 bridgehead atoms. The van der Waals surface area contributed by atoms with Crippen LogP contribution in [-0.4, -0.2) is 27.9 Å². The number of carbonyl (C=O) groups is 1. The van der Waals surface area contributed by atoms with Crippen molar-refractivity contribution in [3.8, 4) is 0 Å². The molecule has 1 aliphatic carbocycles. The molecule has 0 spiro atoms. The van der Waals surface area contributed by atoms with Crippen LogP contribution in [0.2, 0.25) is 0 Å². The van der Waals surface area contributed by atoms with E-state index in [0.29, 0.717) is 6.42 Å². The van der Waals surface area contributed by atoms with Crippen LogP contribution in [0.15, 0.2) is 4.24 Å². The van der Waals surface area contributed by atoms with Gasteiger partial charge in [0, 0.05) is 12.8 Å². The molecule has 80 valence electrons. The lowest BCUT2D eigenvalue weighted by molar-refractivity contribution is -0.113. The topological polar surface area (TPSA) is 42.9 Å². The Hall–Kier alpha value is -0.330. The fourth-order valence-corrected chi connectivity index (χ4v) is 3.95. The Morgan fingerprint density at radius 3 is 2.73 bits per heavy atom. The van der Waals surface area contributed by atoms with Gasteiger partial charge in [-0.1, -0.05) is 4.49 Å². The minimum Gasteiger partial charge on any atom is -0.294 e. The first-order valence-corrected chi connectivity index (χ1v) is 7.67. The van der Waals surface area contributed by atoms with Crippen LogP contribution in [0.5, 0.6) is 0 Å². The fraction of sp³-hybridized carbons (Fsp3) is 0.444. The number of thioether (sulfide) groups is 2. The standard InChI is InChI=1S/C9H10N2OS3/c1-13-9(14-2)7-6(12)4-3-5-8(7)15-11-10-5/h3-4H2,1-2H3. The predicted molar refractivity (Wildman–Crippen MR) is 67.2 cm³/mol. The number of aromatic nitrogens is 2. The number of nitrogens with zero attached hydrogens (tertiary/aromatic N) is 2. The number of hydrogen-bond donors (Lipinski definition) is 0. The molecule has 0 N–H and O–H groups in total. The normalized spacial score (nSPS) is 15.3. The van der Waals surface area contributed by atoms with E-state index in [9.17, 15) is 4.79 Å². The van der Waals surface area contributed by atoms with Crippen molar-refractivity contribution in [1.29, 1.82) is 0 Å². The summed E-state index contributed by atoms with van der Waals surface area (Å²) in [5.74, 6) is 0.229. The van der Waals surface area contributed by atoms with E-state index < -0.39 is 0 Å². The maximum absolute atomic E-state index is 11.9. The summed E-state index contributed by atoms with van der Waals surface area (Å²) in [7, 11) is 0. The van der Waals surface area contributed by atoms with Crippen molar-refractivity contribution in [3.63, 3.8) is 0 Å². The number of rotatable bonds is 2. The second kappa shape index (κ2) is 4.67. The van der Waals surface area contributed by atoms with Crippen LogP contribution in [0.25, 0.3) is 5.57 Å². The zero-order valence-electron chi connectivity index (χ0n) is 8.44. The van der Waals surface area contributed by atoms with E-state index in [4.69, 9.17) is 0 Å². The molecule has 1 heterocycles. The third-order valence-corrected chi connectivity index (χ3v) is 5.16. The van der Waals surface area contributed by atoms with Gasteiger partial charge in [0.2, 0.25) is 0 Å². The van der Waals surface area contributed by atoms with Gasteiger partial charge in [0.25, 0.3) is 0 Å². The summed E-state index contributed by atoms with van der Waals surface area (Å²) in [6, 6.07) is 0. The highest BCUT2D eigenvalue weighted by atomic mass is 32.2. The van der Waals surface area contributed by atoms with Crippen molar-refractivity contribution in [2.45, 2.75) is 12.8 Å². The second-order valence-electron chi connectivity index (χ2n) is 3.04. The number of allylic oxidation sites excluding steroid dienone is 1. The number of carbonyl (C=O) groups excluding carboxylic acids is 1. The fourth-order valence-electron chi connectivity index (χ4n) is 1.54. The Labute approximate surface area is 101 Å². The molecule has 0 aliphatic heterocycles. The van der Waals surface area contributed by atoms with Crippen molar-refractivity contribution < 1.29 is 4.79 Å². The lowest BCUT2D eigenvalue weighted by Gasteiger charge is -2.14. The first-order chi connectivity index (χ1) is 7.27. The smallest absolute Gasteiger partial charge is 0.166 e. The van der Waals surface area contributed by atoms with Crippen molar-refractivity contribution >= 4 is 46.4 Å². The third-order valence-electron chi connectivity index (χ3n) is 2.23. The minimum absolute atomic E-state index is 0.229. The lowest BCUT2D eigenvalue weighted by atomic mass is 9.97. The Morgan fingerprint density at radius 1 is 1.33 bits per heavy atom. The molecule has 0 saturated carbocycles. The third kappa shape index (κ3) is 1.98. The zero-order valence-corrected chi connectivity index (χ0v) is 10.9. The van der Waals surface area contributed by atoms with E-state index >= 15 is 0 Å². The van der Waals surface area contributed by atoms with Gasteiger partial charge in [-0.3, -0.25) is 4.79 Å². The van der Waals surface area contributed by atoms with Crippen LogP contribution >= 0.6 is 35.1 Å². The molecular formula is C9H10N2OS3. The van der Waals surface area contributed by atoms with E-state index in [0.717, 1.165) is 26.8 Å². The van der Waals surface area contributed by atoms with E-state index in [1.54, 1.807) is 23.5 Å². The van der Waals surface area contributed by atoms with Crippen LogP contribution in [0, 0.1) is 0 Å². The highest BCUT2D eigenvalue weighted by molar-refractivity contribution is 8.22. The van der Waals surface area contributed by atoms with Crippen LogP contribution in [0.1, 0.15) is 17.0 Å². The average Bonchev–Trinajstić information content (AvgIpc) is 2.70. The summed E-state index contributed by atoms with van der Waals surface area (Å²) >= 11 is 4.57. The van der Waals surface area contributed by atoms with Crippen molar-refractivity contribution in [1.82, 2.24) is 9.59 Å². The summed E-state index contributed by atoms with van der Waals surface area (Å²) in [6.45, 7) is 0. The predicted octanol–water partition coefficient (Wildman–Crippen LogP) is 2.45. The molecule has 6 heteroatoms. The van der Waals surface area contributed by atoms with Crippen molar-refractivity contribution in [2.24, 2.45) is 0 Å². The molecular weight excluding hydrogens is 248 g/mol. The van der Waals surface area contributed by atoms with Gasteiger partial charge in [0.1, 0.15) is 0 Å². The Morgan fingerprint density at radius 2 is 2.07 bits per heavy atom. The highest BCUT2D eigenvalue weighted by Gasteiger charge is 2.27. The first kappa shape index (κ1) is 11.2. The van der Waals surface area contributed by atoms with Crippen LogP contribution in [0.4, 0.5) is 0 Å². The minimum atomic E-state index is 0.229. The number of Topliss-reactive ketones (excluding diaryl/α,β-unsaturated/α-hetero) is 1. The summed E-state index contributed by atoms with van der Waals surface area (Å²) in [4.78, 5) is 12.9. The van der Waals surface area contributed by atoms with Crippen LogP contribution in [0.3, 0.4) is 0 Å². The monoisotopic (exact) mass is 258 g/mol. The summed E-state index contributed by atoms with van der Waals surface area (Å²) in [6.07, 6.45) is 5.30. The average molecular weight is 258 g/mol. The summed E-state index contributed by atoms with van der Waals surface area (Å²) < 4.78 is 5.00. The number of ketones is 1. The largest absolute Gasteiger partial charge is 0.294 e. The Bertz CT molecular complexity index is 419. The molecule has 2 rings (SSSR count). The molecule has 0 fully saturated rings. The van der Waals surface area contributed by atoms with Crippen molar-refractivity contribution in [3.05, 3.63) is 14.8 Å². The van der Waals surface area contributed by atoms with Gasteiger partial charge < -0.3 is 0 Å². The van der Waals surface area contributed by atoms with E-state index in [2.05, 4.69) is 9.59 Å². The molecule has 1 aromatic heterocycles. The van der Waals surface area contributed by atoms with E-state index in [-0.39, 0.29) is 5.78 Å². The number of aryl methyl sites for hydroxylation is 1. The first-order valence-electron chi connectivity index (χ1n) is 4.45. The molecule has 0 aromatic carbocycles. The van der Waals surface area contributed by atoms with Gasteiger partial charge in [-0.05, 0) is 24.0 Å². The molecule has 15 heavy (non-hydrogen) atoms. The number of fused-ring (bicyclic) bond motifs is 1. The zero-order chi connectivity index (χ0) is 10.8. The molecule has 0 radical (unpaired) electrons. The van der Waals surface area contributed by atoms with Gasteiger partial charge in [0.15, 0.2) is 5.78 Å². The highest BCUT2D eigenvalue weighted by Crippen LogP contribution is 2.39. The Kier molecular flexibility index (Phi) is 3.48. The molecule has 1 aromatic rings. The summed E-state index contributed by atoms with van der Waals surface area (Å²) in [5, 5.41) is 4.06. The molecule has 1 aliphatic rings. The second-order valence-corrected chi connectivity index (χ2v) is 5.69. The van der Waals surface area contributed by atoms with Gasteiger partial charge in [0.05, 0.1) is 20.4 Å². The van der Waals surface area contributed by atoms with Crippen LogP contribution < -0.4 is 0 Å². The SMILES string of the molecule is CSC(SC)=C1C(=O)CCc2nnsc21. The van der Waals surface area contributed by atoms with Gasteiger partial charge in [-0.25, -0.2) is 0 Å². The van der Waals surface area contributed by atoms with Gasteiger partial charge in [-0.15, -0.1) is 28.6 Å². The van der Waals surface area contributed by atoms with E-state index in [1.165, 1.54) is 11.5 Å². The molecule has 0 saturated heterocycles. The summed E-state index contributed by atoms with van der Waals surface area (Å²) in [5.41, 5.74) is 1.82. The molecule has 0 atom stereocenters. The lowest BCUT2D eigenvalue weighted by Crippen LogP contribution is -2.11.